The summed E-state index contributed by atoms with van der Waals surface area (Å²) in [6.07, 6.45) is 1.75. The maximum Gasteiger partial charge on any atom is 0.387 e. The van der Waals surface area contributed by atoms with Gasteiger partial charge in [-0.1, -0.05) is 13.8 Å². The minimum Gasteiger partial charge on any atom is -0.435 e. The number of anilines is 1. The van der Waals surface area contributed by atoms with Gasteiger partial charge in [0, 0.05) is 17.6 Å². The molecule has 0 aliphatic carbocycles. The monoisotopic (exact) mass is 273 g/mol. The van der Waals surface area contributed by atoms with Gasteiger partial charge in [-0.15, -0.1) is 0 Å². The number of aliphatic hydroxyl groups is 1. The molecule has 1 aromatic carbocycles. The van der Waals surface area contributed by atoms with Crippen LogP contribution in [0.1, 0.15) is 26.7 Å². The van der Waals surface area contributed by atoms with E-state index in [0.717, 1.165) is 18.5 Å². The molecule has 0 unspecified atom stereocenters. The molecule has 0 aliphatic rings. The first-order valence-electron chi connectivity index (χ1n) is 6.45. The van der Waals surface area contributed by atoms with Gasteiger partial charge in [0.1, 0.15) is 5.75 Å². The van der Waals surface area contributed by atoms with Crippen LogP contribution in [0, 0.1) is 5.41 Å². The molecule has 0 aliphatic heterocycles. The highest BCUT2D eigenvalue weighted by Gasteiger charge is 2.24. The lowest BCUT2D eigenvalue weighted by atomic mass is 9.83. The highest BCUT2D eigenvalue weighted by Crippen LogP contribution is 2.26. The van der Waals surface area contributed by atoms with Gasteiger partial charge in [-0.2, -0.15) is 8.78 Å². The molecule has 5 heteroatoms. The van der Waals surface area contributed by atoms with Crippen molar-refractivity contribution in [3.8, 4) is 5.75 Å². The van der Waals surface area contributed by atoms with Crippen molar-refractivity contribution in [2.45, 2.75) is 33.3 Å². The standard InChI is InChI=1S/C14H21F2NO2/c1-3-14(4-2,10-18)9-17-11-5-7-12(8-6-11)19-13(15)16/h5-8,13,17-18H,3-4,9-10H2,1-2H3. The van der Waals surface area contributed by atoms with Crippen LogP contribution in [0.3, 0.4) is 0 Å². The van der Waals surface area contributed by atoms with Gasteiger partial charge in [-0.05, 0) is 37.1 Å². The topological polar surface area (TPSA) is 41.5 Å². The number of ether oxygens (including phenoxy) is 1. The second-order valence-corrected chi connectivity index (χ2v) is 4.62. The van der Waals surface area contributed by atoms with E-state index in [2.05, 4.69) is 10.1 Å². The van der Waals surface area contributed by atoms with E-state index in [9.17, 15) is 13.9 Å². The summed E-state index contributed by atoms with van der Waals surface area (Å²) in [6.45, 7) is 2.05. The normalized spacial score (nSPS) is 11.7. The van der Waals surface area contributed by atoms with E-state index in [1.807, 2.05) is 13.8 Å². The van der Waals surface area contributed by atoms with Crippen LogP contribution in [0.4, 0.5) is 14.5 Å². The first-order valence-corrected chi connectivity index (χ1v) is 6.45. The van der Waals surface area contributed by atoms with Crippen molar-refractivity contribution in [2.75, 3.05) is 18.5 Å². The summed E-state index contributed by atoms with van der Waals surface area (Å²) in [4.78, 5) is 0. The molecule has 1 aromatic rings. The minimum absolute atomic E-state index is 0.125. The third-order valence-corrected chi connectivity index (χ3v) is 3.58. The summed E-state index contributed by atoms with van der Waals surface area (Å²) in [7, 11) is 0. The fourth-order valence-electron chi connectivity index (χ4n) is 1.82. The highest BCUT2D eigenvalue weighted by molar-refractivity contribution is 5.46. The van der Waals surface area contributed by atoms with Crippen LogP contribution < -0.4 is 10.1 Å². The molecule has 1 rings (SSSR count). The molecule has 19 heavy (non-hydrogen) atoms. The molecule has 0 aromatic heterocycles. The fourth-order valence-corrected chi connectivity index (χ4v) is 1.82. The summed E-state index contributed by atoms with van der Waals surface area (Å²) in [5.41, 5.74) is 0.680. The molecule has 0 spiro atoms. The Kier molecular flexibility index (Phi) is 6.02. The fraction of sp³-hybridized carbons (Fsp3) is 0.571. The zero-order valence-corrected chi connectivity index (χ0v) is 11.3. The SMILES string of the molecule is CCC(CC)(CO)CNc1ccc(OC(F)F)cc1. The van der Waals surface area contributed by atoms with E-state index in [4.69, 9.17) is 0 Å². The van der Waals surface area contributed by atoms with Gasteiger partial charge < -0.3 is 15.2 Å². The van der Waals surface area contributed by atoms with E-state index >= 15 is 0 Å². The van der Waals surface area contributed by atoms with Crippen LogP contribution in [-0.2, 0) is 0 Å². The van der Waals surface area contributed by atoms with E-state index < -0.39 is 6.61 Å². The Balaban J connectivity index is 2.58. The van der Waals surface area contributed by atoms with Gasteiger partial charge in [0.25, 0.3) is 0 Å². The summed E-state index contributed by atoms with van der Waals surface area (Å²) < 4.78 is 28.3. The van der Waals surface area contributed by atoms with Crippen molar-refractivity contribution in [1.82, 2.24) is 0 Å². The first-order chi connectivity index (χ1) is 9.05. The molecule has 0 heterocycles. The van der Waals surface area contributed by atoms with Gasteiger partial charge in [-0.3, -0.25) is 0 Å². The van der Waals surface area contributed by atoms with E-state index in [0.29, 0.717) is 6.54 Å². The number of nitrogens with one attached hydrogen (secondary N) is 1. The van der Waals surface area contributed by atoms with Gasteiger partial charge in [0.15, 0.2) is 0 Å². The summed E-state index contributed by atoms with van der Waals surface area (Å²) >= 11 is 0. The zero-order valence-electron chi connectivity index (χ0n) is 11.3. The second-order valence-electron chi connectivity index (χ2n) is 4.62. The Hall–Kier alpha value is -1.36. The third-order valence-electron chi connectivity index (χ3n) is 3.58. The molecule has 0 saturated heterocycles. The van der Waals surface area contributed by atoms with Crippen LogP contribution in [0.15, 0.2) is 24.3 Å². The predicted molar refractivity (Wildman–Crippen MR) is 71.7 cm³/mol. The summed E-state index contributed by atoms with van der Waals surface area (Å²) in [5, 5.41) is 12.7. The average molecular weight is 273 g/mol. The van der Waals surface area contributed by atoms with Crippen LogP contribution >= 0.6 is 0 Å². The predicted octanol–water partition coefficient (Wildman–Crippen LogP) is 3.50. The van der Waals surface area contributed by atoms with Crippen LogP contribution in [0.5, 0.6) is 5.75 Å². The lowest BCUT2D eigenvalue weighted by Gasteiger charge is -2.30. The molecule has 0 radical (unpaired) electrons. The van der Waals surface area contributed by atoms with Crippen molar-refractivity contribution in [2.24, 2.45) is 5.41 Å². The maximum atomic E-state index is 12.0. The second kappa shape index (κ2) is 7.28. The summed E-state index contributed by atoms with van der Waals surface area (Å²) in [5.74, 6) is 0.139. The average Bonchev–Trinajstić information content (AvgIpc) is 2.42. The van der Waals surface area contributed by atoms with Crippen molar-refractivity contribution < 1.29 is 18.6 Å². The largest absolute Gasteiger partial charge is 0.435 e. The highest BCUT2D eigenvalue weighted by atomic mass is 19.3. The Morgan fingerprint density at radius 1 is 1.21 bits per heavy atom. The van der Waals surface area contributed by atoms with Gasteiger partial charge in [0.2, 0.25) is 0 Å². The molecule has 0 fully saturated rings. The van der Waals surface area contributed by atoms with E-state index in [1.165, 1.54) is 12.1 Å². The Labute approximate surface area is 112 Å². The minimum atomic E-state index is -2.80. The zero-order chi connectivity index (χ0) is 14.3. The van der Waals surface area contributed by atoms with Crippen molar-refractivity contribution in [3.63, 3.8) is 0 Å². The van der Waals surface area contributed by atoms with E-state index in [1.54, 1.807) is 12.1 Å². The van der Waals surface area contributed by atoms with Crippen molar-refractivity contribution >= 4 is 5.69 Å². The lowest BCUT2D eigenvalue weighted by molar-refractivity contribution is -0.0498. The Morgan fingerprint density at radius 3 is 2.21 bits per heavy atom. The first kappa shape index (κ1) is 15.7. The quantitative estimate of drug-likeness (QED) is 0.761. The third kappa shape index (κ3) is 4.67. The number of rotatable bonds is 8. The van der Waals surface area contributed by atoms with Gasteiger partial charge in [-0.25, -0.2) is 0 Å². The number of benzene rings is 1. The Bertz CT molecular complexity index is 356. The smallest absolute Gasteiger partial charge is 0.387 e. The van der Waals surface area contributed by atoms with Gasteiger partial charge in [0.05, 0.1) is 6.61 Å². The molecule has 0 bridgehead atoms. The molecule has 0 atom stereocenters. The number of alkyl halides is 2. The van der Waals surface area contributed by atoms with Crippen LogP contribution in [-0.4, -0.2) is 24.9 Å². The number of hydrogen-bond acceptors (Lipinski definition) is 3. The Morgan fingerprint density at radius 2 is 1.79 bits per heavy atom. The molecule has 3 nitrogen and oxygen atoms in total. The number of hydrogen-bond donors (Lipinski definition) is 2. The lowest BCUT2D eigenvalue weighted by Crippen LogP contribution is -2.32. The molecule has 0 saturated carbocycles. The number of aliphatic hydroxyl groups excluding tert-OH is 1. The van der Waals surface area contributed by atoms with Crippen molar-refractivity contribution in [3.05, 3.63) is 24.3 Å². The van der Waals surface area contributed by atoms with Crippen LogP contribution in [0.25, 0.3) is 0 Å². The van der Waals surface area contributed by atoms with Crippen molar-refractivity contribution in [1.29, 1.82) is 0 Å². The van der Waals surface area contributed by atoms with E-state index in [-0.39, 0.29) is 17.8 Å². The van der Waals surface area contributed by atoms with Crippen LogP contribution in [0.2, 0.25) is 0 Å². The molecular weight excluding hydrogens is 252 g/mol. The molecule has 0 amide bonds. The summed E-state index contributed by atoms with van der Waals surface area (Å²) in [6, 6.07) is 6.36. The maximum absolute atomic E-state index is 12.0. The number of halogens is 2. The molecule has 108 valence electrons. The molecular formula is C14H21F2NO2. The van der Waals surface area contributed by atoms with Gasteiger partial charge >= 0.3 is 6.61 Å². The molecule has 2 N–H and O–H groups in total.